The van der Waals surface area contributed by atoms with Gasteiger partial charge in [-0.25, -0.2) is 0 Å². The van der Waals surface area contributed by atoms with Gasteiger partial charge in [-0.2, -0.15) is 0 Å². The second-order valence-electron chi connectivity index (χ2n) is 6.60. The molecule has 0 saturated heterocycles. The highest BCUT2D eigenvalue weighted by molar-refractivity contribution is 6.30. The number of halogens is 1. The van der Waals surface area contributed by atoms with Crippen molar-refractivity contribution >= 4 is 29.4 Å². The number of nitrogens with one attached hydrogen (secondary N) is 2. The lowest BCUT2D eigenvalue weighted by Crippen LogP contribution is -2.50. The van der Waals surface area contributed by atoms with Crippen LogP contribution in [0.4, 0.5) is 0 Å². The second kappa shape index (κ2) is 8.90. The third kappa shape index (κ3) is 5.23. The van der Waals surface area contributed by atoms with Crippen molar-refractivity contribution in [2.45, 2.75) is 39.7 Å². The molecule has 0 radical (unpaired) electrons. The molecule has 0 aliphatic heterocycles. The molecule has 1 aliphatic carbocycles. The van der Waals surface area contributed by atoms with Crippen molar-refractivity contribution in [3.63, 3.8) is 0 Å². The minimum atomic E-state index is -1.03. The van der Waals surface area contributed by atoms with Crippen LogP contribution in [0, 0.1) is 25.7 Å². The number of hydrazine groups is 1. The van der Waals surface area contributed by atoms with Crippen LogP contribution in [0.2, 0.25) is 5.02 Å². The fourth-order valence-corrected chi connectivity index (χ4v) is 3.34. The molecule has 1 aliphatic rings. The highest BCUT2D eigenvalue weighted by atomic mass is 35.5. The number of carbonyl (C=O) groups excluding carboxylic acids is 2. The lowest BCUT2D eigenvalue weighted by atomic mass is 9.82. The SMILES string of the molecule is Cc1cc(Cl)cc(C)c1O[C@H](C)C(=O)NNC(=O)[C@H]1CC=CC[C@H]1C(=O)O. The van der Waals surface area contributed by atoms with Gasteiger partial charge in [0.05, 0.1) is 11.8 Å². The Morgan fingerprint density at radius 1 is 1.11 bits per heavy atom. The van der Waals surface area contributed by atoms with Gasteiger partial charge in [-0.3, -0.25) is 25.2 Å². The van der Waals surface area contributed by atoms with Crippen LogP contribution in [0.15, 0.2) is 24.3 Å². The van der Waals surface area contributed by atoms with Gasteiger partial charge < -0.3 is 9.84 Å². The number of aliphatic carboxylic acids is 1. The number of allylic oxidation sites excluding steroid dienone is 2. The highest BCUT2D eigenvalue weighted by Gasteiger charge is 2.34. The minimum Gasteiger partial charge on any atom is -0.481 e. The Balaban J connectivity index is 1.94. The molecule has 27 heavy (non-hydrogen) atoms. The summed E-state index contributed by atoms with van der Waals surface area (Å²) >= 11 is 5.98. The Labute approximate surface area is 162 Å². The largest absolute Gasteiger partial charge is 0.481 e. The van der Waals surface area contributed by atoms with E-state index in [0.29, 0.717) is 17.2 Å². The molecule has 0 fully saturated rings. The summed E-state index contributed by atoms with van der Waals surface area (Å²) in [6.45, 7) is 5.20. The fourth-order valence-electron chi connectivity index (χ4n) is 3.01. The van der Waals surface area contributed by atoms with Gasteiger partial charge in [-0.15, -0.1) is 0 Å². The molecular formula is C19H23ClN2O5. The summed E-state index contributed by atoms with van der Waals surface area (Å²) in [6, 6.07) is 3.47. The van der Waals surface area contributed by atoms with E-state index in [1.807, 2.05) is 13.8 Å². The summed E-state index contributed by atoms with van der Waals surface area (Å²) in [7, 11) is 0. The summed E-state index contributed by atoms with van der Waals surface area (Å²) in [6.07, 6.45) is 3.24. The number of rotatable bonds is 5. The maximum Gasteiger partial charge on any atom is 0.307 e. The molecule has 8 heteroatoms. The van der Waals surface area contributed by atoms with E-state index < -0.39 is 35.7 Å². The first-order chi connectivity index (χ1) is 12.7. The molecular weight excluding hydrogens is 372 g/mol. The zero-order valence-corrected chi connectivity index (χ0v) is 16.2. The molecule has 3 N–H and O–H groups in total. The normalized spacial score (nSPS) is 19.9. The smallest absolute Gasteiger partial charge is 0.307 e. The van der Waals surface area contributed by atoms with Gasteiger partial charge in [-0.1, -0.05) is 23.8 Å². The van der Waals surface area contributed by atoms with E-state index >= 15 is 0 Å². The number of aryl methyl sites for hydroxylation is 2. The minimum absolute atomic E-state index is 0.288. The lowest BCUT2D eigenvalue weighted by molar-refractivity contribution is -0.147. The van der Waals surface area contributed by atoms with Crippen LogP contribution in [-0.2, 0) is 14.4 Å². The first-order valence-electron chi connectivity index (χ1n) is 8.61. The molecule has 2 amide bonds. The zero-order chi connectivity index (χ0) is 20.1. The van der Waals surface area contributed by atoms with Gasteiger partial charge in [0, 0.05) is 5.02 Å². The molecule has 1 aromatic carbocycles. The first kappa shape index (κ1) is 20.8. The van der Waals surface area contributed by atoms with Crippen molar-refractivity contribution in [3.8, 4) is 5.75 Å². The summed E-state index contributed by atoms with van der Waals surface area (Å²) in [5, 5.41) is 9.81. The summed E-state index contributed by atoms with van der Waals surface area (Å²) < 4.78 is 5.70. The van der Waals surface area contributed by atoms with E-state index in [2.05, 4.69) is 10.9 Å². The summed E-state index contributed by atoms with van der Waals surface area (Å²) in [5.41, 5.74) is 6.20. The Morgan fingerprint density at radius 3 is 2.22 bits per heavy atom. The van der Waals surface area contributed by atoms with Crippen LogP contribution in [0.1, 0.15) is 30.9 Å². The van der Waals surface area contributed by atoms with E-state index in [1.54, 1.807) is 31.2 Å². The molecule has 0 saturated carbocycles. The van der Waals surface area contributed by atoms with Crippen molar-refractivity contribution in [2.75, 3.05) is 0 Å². The predicted octanol–water partition coefficient (Wildman–Crippen LogP) is 2.54. The Bertz CT molecular complexity index is 754. The van der Waals surface area contributed by atoms with Crippen LogP contribution >= 0.6 is 11.6 Å². The first-order valence-corrected chi connectivity index (χ1v) is 8.99. The number of ether oxygens (including phenoxy) is 1. The Kier molecular flexibility index (Phi) is 6.85. The number of carboxylic acid groups (broad SMARTS) is 1. The highest BCUT2D eigenvalue weighted by Crippen LogP contribution is 2.28. The number of benzene rings is 1. The Hall–Kier alpha value is -2.54. The number of amides is 2. The lowest BCUT2D eigenvalue weighted by Gasteiger charge is -2.24. The molecule has 0 aromatic heterocycles. The number of hydrogen-bond acceptors (Lipinski definition) is 4. The van der Waals surface area contributed by atoms with Gasteiger partial charge in [0.2, 0.25) is 5.91 Å². The van der Waals surface area contributed by atoms with Crippen LogP contribution in [-0.4, -0.2) is 29.0 Å². The molecule has 3 atom stereocenters. The zero-order valence-electron chi connectivity index (χ0n) is 15.4. The molecule has 0 unspecified atom stereocenters. The molecule has 1 aromatic rings. The van der Waals surface area contributed by atoms with Gasteiger partial charge in [0.1, 0.15) is 5.75 Å². The van der Waals surface area contributed by atoms with Crippen molar-refractivity contribution < 1.29 is 24.2 Å². The fraction of sp³-hybridized carbons (Fsp3) is 0.421. The monoisotopic (exact) mass is 394 g/mol. The van der Waals surface area contributed by atoms with Crippen molar-refractivity contribution in [2.24, 2.45) is 11.8 Å². The van der Waals surface area contributed by atoms with Crippen molar-refractivity contribution in [1.29, 1.82) is 0 Å². The van der Waals surface area contributed by atoms with Gasteiger partial charge in [-0.05, 0) is 56.9 Å². The molecule has 146 valence electrons. The van der Waals surface area contributed by atoms with Crippen LogP contribution in [0.25, 0.3) is 0 Å². The van der Waals surface area contributed by atoms with Crippen LogP contribution in [0.3, 0.4) is 0 Å². The maximum atomic E-state index is 12.3. The summed E-state index contributed by atoms with van der Waals surface area (Å²) in [4.78, 5) is 35.8. The maximum absolute atomic E-state index is 12.3. The van der Waals surface area contributed by atoms with E-state index in [9.17, 15) is 19.5 Å². The van der Waals surface area contributed by atoms with E-state index in [0.717, 1.165) is 11.1 Å². The number of hydrogen-bond donors (Lipinski definition) is 3. The third-order valence-electron chi connectivity index (χ3n) is 4.48. The molecule has 2 rings (SSSR count). The number of carbonyl (C=O) groups is 3. The third-order valence-corrected chi connectivity index (χ3v) is 4.70. The second-order valence-corrected chi connectivity index (χ2v) is 7.04. The molecule has 0 bridgehead atoms. The van der Waals surface area contributed by atoms with E-state index in [4.69, 9.17) is 16.3 Å². The van der Waals surface area contributed by atoms with Crippen molar-refractivity contribution in [1.82, 2.24) is 10.9 Å². The topological polar surface area (TPSA) is 105 Å². The molecule has 7 nitrogen and oxygen atoms in total. The van der Waals surface area contributed by atoms with Gasteiger partial charge >= 0.3 is 5.97 Å². The van der Waals surface area contributed by atoms with Gasteiger partial charge in [0.25, 0.3) is 5.91 Å². The average Bonchev–Trinajstić information content (AvgIpc) is 2.62. The summed E-state index contributed by atoms with van der Waals surface area (Å²) in [5.74, 6) is -3.10. The van der Waals surface area contributed by atoms with Crippen LogP contribution < -0.4 is 15.6 Å². The molecule has 0 spiro atoms. The Morgan fingerprint density at radius 2 is 1.67 bits per heavy atom. The van der Waals surface area contributed by atoms with E-state index in [-0.39, 0.29) is 6.42 Å². The standard InChI is InChI=1S/C19H23ClN2O5/c1-10-8-13(20)9-11(2)16(10)27-12(3)17(23)21-22-18(24)14-6-4-5-7-15(14)19(25)26/h4-5,8-9,12,14-15H,6-7H2,1-3H3,(H,21,23)(H,22,24)(H,25,26)/t12-,14+,15-/m1/s1. The van der Waals surface area contributed by atoms with Crippen LogP contribution in [0.5, 0.6) is 5.75 Å². The van der Waals surface area contributed by atoms with Crippen molar-refractivity contribution in [3.05, 3.63) is 40.4 Å². The predicted molar refractivity (Wildman–Crippen MR) is 100 cm³/mol. The quantitative estimate of drug-likeness (QED) is 0.525. The average molecular weight is 395 g/mol. The number of carboxylic acids is 1. The molecule has 0 heterocycles. The van der Waals surface area contributed by atoms with E-state index in [1.165, 1.54) is 0 Å². The van der Waals surface area contributed by atoms with Gasteiger partial charge in [0.15, 0.2) is 6.10 Å².